The molecule has 0 saturated carbocycles. The van der Waals surface area contributed by atoms with Crippen LogP contribution in [0.2, 0.25) is 5.02 Å². The van der Waals surface area contributed by atoms with Crippen LogP contribution in [-0.4, -0.2) is 37.7 Å². The molecule has 0 radical (unpaired) electrons. The van der Waals surface area contributed by atoms with Gasteiger partial charge in [-0.15, -0.1) is 11.3 Å². The lowest BCUT2D eigenvalue weighted by molar-refractivity contribution is 0.232. The zero-order chi connectivity index (χ0) is 21.2. The first-order valence-electron chi connectivity index (χ1n) is 10.7. The zero-order valence-corrected chi connectivity index (χ0v) is 19.2. The number of pyridine rings is 1. The van der Waals surface area contributed by atoms with E-state index in [4.69, 9.17) is 16.6 Å². The number of piperidine rings is 1. The molecule has 31 heavy (non-hydrogen) atoms. The van der Waals surface area contributed by atoms with Crippen LogP contribution in [0.5, 0.6) is 0 Å². The lowest BCUT2D eigenvalue weighted by Gasteiger charge is -2.40. The number of nitrogens with zero attached hydrogens (tertiary/aromatic N) is 6. The summed E-state index contributed by atoms with van der Waals surface area (Å²) in [5.74, 6) is 1.02. The number of aryl methyl sites for hydroxylation is 2. The Bertz CT molecular complexity index is 1280. The highest BCUT2D eigenvalue weighted by atomic mass is 35.5. The van der Waals surface area contributed by atoms with Gasteiger partial charge in [-0.25, -0.2) is 14.5 Å². The lowest BCUT2D eigenvalue weighted by Crippen LogP contribution is -2.41. The second kappa shape index (κ2) is 7.00. The van der Waals surface area contributed by atoms with E-state index in [0.717, 1.165) is 53.5 Å². The fourth-order valence-corrected chi connectivity index (χ4v) is 6.39. The van der Waals surface area contributed by atoms with Crippen molar-refractivity contribution in [2.24, 2.45) is 5.41 Å². The Labute approximate surface area is 189 Å². The minimum Gasteiger partial charge on any atom is -0.355 e. The van der Waals surface area contributed by atoms with Gasteiger partial charge in [0.05, 0.1) is 39.5 Å². The molecule has 1 spiro atoms. The highest BCUT2D eigenvalue weighted by molar-refractivity contribution is 7.09. The lowest BCUT2D eigenvalue weighted by atomic mass is 9.76. The Hall–Kier alpha value is -2.51. The maximum atomic E-state index is 6.61. The topological polar surface area (TPSA) is 59.2 Å². The third-order valence-corrected chi connectivity index (χ3v) is 8.30. The van der Waals surface area contributed by atoms with Crippen molar-refractivity contribution in [1.82, 2.24) is 24.6 Å². The second-order valence-electron chi connectivity index (χ2n) is 8.82. The molecule has 4 aromatic rings. The number of aromatic nitrogens is 5. The van der Waals surface area contributed by atoms with Crippen molar-refractivity contribution in [2.45, 2.75) is 39.5 Å². The number of thiazole rings is 1. The molecule has 1 aliphatic carbocycles. The van der Waals surface area contributed by atoms with E-state index in [1.165, 1.54) is 29.8 Å². The smallest absolute Gasteiger partial charge is 0.155 e. The molecule has 1 aliphatic heterocycles. The molecule has 0 aromatic carbocycles. The highest BCUT2D eigenvalue weighted by Crippen LogP contribution is 2.46. The van der Waals surface area contributed by atoms with Crippen molar-refractivity contribution in [2.75, 3.05) is 18.0 Å². The van der Waals surface area contributed by atoms with Crippen LogP contribution >= 0.6 is 22.9 Å². The summed E-state index contributed by atoms with van der Waals surface area (Å²) >= 11 is 8.43. The van der Waals surface area contributed by atoms with Crippen LogP contribution in [0.15, 0.2) is 30.0 Å². The molecule has 6 rings (SSSR count). The molecule has 2 aliphatic rings. The van der Waals surface area contributed by atoms with E-state index in [9.17, 15) is 0 Å². The second-order valence-corrected chi connectivity index (χ2v) is 10.1. The summed E-state index contributed by atoms with van der Waals surface area (Å²) in [6.07, 6.45) is 8.31. The molecule has 0 atom stereocenters. The summed E-state index contributed by atoms with van der Waals surface area (Å²) in [5, 5.41) is 5.29. The standard InChI is InChI=1S/C23H23ClN6S/c1-14-20(24)16(3-7-25-14)21-15(2)28-22(18-4-8-27-30(18)21)29-9-5-23(6-10-29)11-17-19(12-23)31-13-26-17/h3-4,7-8,13H,5-6,9-12H2,1-2H3. The number of halogens is 1. The van der Waals surface area contributed by atoms with Crippen LogP contribution < -0.4 is 4.90 Å². The number of hydrogen-bond acceptors (Lipinski definition) is 6. The van der Waals surface area contributed by atoms with Crippen LogP contribution in [0.1, 0.15) is 34.8 Å². The van der Waals surface area contributed by atoms with Gasteiger partial charge in [0.1, 0.15) is 5.52 Å². The van der Waals surface area contributed by atoms with Gasteiger partial charge in [0.2, 0.25) is 0 Å². The van der Waals surface area contributed by atoms with Gasteiger partial charge >= 0.3 is 0 Å². The largest absolute Gasteiger partial charge is 0.355 e. The predicted octanol–water partition coefficient (Wildman–Crippen LogP) is 4.90. The van der Waals surface area contributed by atoms with Gasteiger partial charge in [-0.05, 0) is 57.1 Å². The van der Waals surface area contributed by atoms with E-state index in [1.54, 1.807) is 6.20 Å². The average molecular weight is 451 g/mol. The van der Waals surface area contributed by atoms with E-state index in [1.807, 2.05) is 47.5 Å². The van der Waals surface area contributed by atoms with Crippen molar-refractivity contribution in [1.29, 1.82) is 0 Å². The van der Waals surface area contributed by atoms with Gasteiger partial charge < -0.3 is 4.90 Å². The van der Waals surface area contributed by atoms with E-state index in [0.29, 0.717) is 10.4 Å². The maximum absolute atomic E-state index is 6.61. The third-order valence-electron chi connectivity index (χ3n) is 6.95. The average Bonchev–Trinajstić information content (AvgIpc) is 3.47. The molecule has 8 heteroatoms. The van der Waals surface area contributed by atoms with Crippen LogP contribution in [0, 0.1) is 19.3 Å². The Morgan fingerprint density at radius 1 is 1.03 bits per heavy atom. The minimum absolute atomic E-state index is 0.388. The monoisotopic (exact) mass is 450 g/mol. The number of rotatable bonds is 2. The minimum atomic E-state index is 0.388. The molecule has 1 fully saturated rings. The first-order valence-corrected chi connectivity index (χ1v) is 11.9. The summed E-state index contributed by atoms with van der Waals surface area (Å²) in [5.41, 5.74) is 8.32. The van der Waals surface area contributed by atoms with E-state index >= 15 is 0 Å². The van der Waals surface area contributed by atoms with Gasteiger partial charge in [-0.1, -0.05) is 11.6 Å². The van der Waals surface area contributed by atoms with Crippen LogP contribution in [-0.2, 0) is 12.8 Å². The Balaban J connectivity index is 1.35. The molecule has 5 heterocycles. The van der Waals surface area contributed by atoms with Crippen molar-refractivity contribution in [3.63, 3.8) is 0 Å². The van der Waals surface area contributed by atoms with Gasteiger partial charge in [-0.3, -0.25) is 4.98 Å². The maximum Gasteiger partial charge on any atom is 0.155 e. The quantitative estimate of drug-likeness (QED) is 0.434. The van der Waals surface area contributed by atoms with Gasteiger partial charge in [-0.2, -0.15) is 5.10 Å². The molecular formula is C23H23ClN6S. The van der Waals surface area contributed by atoms with Gasteiger partial charge in [0.15, 0.2) is 5.82 Å². The SMILES string of the molecule is Cc1nccc(-c2c(C)nc(N3CCC4(CC3)Cc3ncsc3C4)c3ccnn23)c1Cl. The predicted molar refractivity (Wildman–Crippen MR) is 124 cm³/mol. The van der Waals surface area contributed by atoms with Crippen molar-refractivity contribution >= 4 is 34.3 Å². The fraction of sp³-hybridized carbons (Fsp3) is 0.391. The first kappa shape index (κ1) is 19.2. The molecule has 158 valence electrons. The molecule has 0 amide bonds. The van der Waals surface area contributed by atoms with Gasteiger partial charge in [0.25, 0.3) is 0 Å². The zero-order valence-electron chi connectivity index (χ0n) is 17.6. The van der Waals surface area contributed by atoms with Crippen molar-refractivity contribution in [3.8, 4) is 11.3 Å². The molecular weight excluding hydrogens is 428 g/mol. The fourth-order valence-electron chi connectivity index (χ4n) is 5.23. The Morgan fingerprint density at radius 2 is 1.87 bits per heavy atom. The molecule has 6 nitrogen and oxygen atoms in total. The van der Waals surface area contributed by atoms with Gasteiger partial charge in [0, 0.05) is 29.7 Å². The van der Waals surface area contributed by atoms with Crippen LogP contribution in [0.4, 0.5) is 5.82 Å². The summed E-state index contributed by atoms with van der Waals surface area (Å²) in [6, 6.07) is 3.99. The molecule has 0 bridgehead atoms. The van der Waals surface area contributed by atoms with E-state index in [2.05, 4.69) is 26.0 Å². The molecule has 0 unspecified atom stereocenters. The molecule has 0 N–H and O–H groups in total. The Morgan fingerprint density at radius 3 is 2.68 bits per heavy atom. The first-order chi connectivity index (χ1) is 15.0. The highest BCUT2D eigenvalue weighted by Gasteiger charge is 2.41. The van der Waals surface area contributed by atoms with Crippen molar-refractivity contribution < 1.29 is 0 Å². The van der Waals surface area contributed by atoms with E-state index < -0.39 is 0 Å². The number of anilines is 1. The summed E-state index contributed by atoms with van der Waals surface area (Å²) < 4.78 is 1.99. The summed E-state index contributed by atoms with van der Waals surface area (Å²) in [4.78, 5) is 17.9. The normalized spacial score (nSPS) is 17.6. The summed E-state index contributed by atoms with van der Waals surface area (Å²) in [6.45, 7) is 5.98. The number of fused-ring (bicyclic) bond motifs is 2. The van der Waals surface area contributed by atoms with Crippen LogP contribution in [0.25, 0.3) is 16.8 Å². The van der Waals surface area contributed by atoms with E-state index in [-0.39, 0.29) is 0 Å². The number of hydrogen-bond donors (Lipinski definition) is 0. The molecule has 1 saturated heterocycles. The Kier molecular flexibility index (Phi) is 4.34. The third kappa shape index (κ3) is 2.97. The van der Waals surface area contributed by atoms with Crippen molar-refractivity contribution in [3.05, 3.63) is 57.0 Å². The summed E-state index contributed by atoms with van der Waals surface area (Å²) in [7, 11) is 0. The van der Waals surface area contributed by atoms with Crippen LogP contribution in [0.3, 0.4) is 0 Å². The molecule has 4 aromatic heterocycles.